The molecule has 0 fully saturated rings. The summed E-state index contributed by atoms with van der Waals surface area (Å²) < 4.78 is 11.7. The molecular formula is C21H27NO3. The van der Waals surface area contributed by atoms with E-state index in [1.807, 2.05) is 55.5 Å². The molecule has 0 atom stereocenters. The van der Waals surface area contributed by atoms with Gasteiger partial charge in [0.05, 0.1) is 13.2 Å². The van der Waals surface area contributed by atoms with Crippen molar-refractivity contribution in [1.82, 2.24) is 0 Å². The smallest absolute Gasteiger partial charge is 0.224 e. The summed E-state index contributed by atoms with van der Waals surface area (Å²) in [4.78, 5) is 11.4. The fourth-order valence-electron chi connectivity index (χ4n) is 2.30. The fraction of sp³-hybridized carbons (Fsp3) is 0.381. The first-order chi connectivity index (χ1) is 12.2. The summed E-state index contributed by atoms with van der Waals surface area (Å²) in [5.41, 5.74) is 1.99. The first-order valence-corrected chi connectivity index (χ1v) is 8.96. The van der Waals surface area contributed by atoms with E-state index >= 15 is 0 Å². The van der Waals surface area contributed by atoms with Crippen molar-refractivity contribution in [2.75, 3.05) is 18.5 Å². The molecule has 1 N–H and O–H groups in total. The average Bonchev–Trinajstić information content (AvgIpc) is 2.64. The molecule has 134 valence electrons. The molecule has 0 spiro atoms. The Labute approximate surface area is 150 Å². The van der Waals surface area contributed by atoms with Crippen LogP contribution in [0.15, 0.2) is 48.5 Å². The summed E-state index contributed by atoms with van der Waals surface area (Å²) in [5, 5.41) is 2.85. The Hall–Kier alpha value is -2.49. The number of carbonyl (C=O) groups excluding carboxylic acids is 1. The van der Waals surface area contributed by atoms with Crippen LogP contribution in [0.25, 0.3) is 0 Å². The summed E-state index contributed by atoms with van der Waals surface area (Å²) in [6.07, 6.45) is 3.42. The zero-order chi connectivity index (χ0) is 17.9. The Kier molecular flexibility index (Phi) is 7.83. The number of amides is 1. The second-order valence-corrected chi connectivity index (χ2v) is 5.85. The summed E-state index contributed by atoms with van der Waals surface area (Å²) >= 11 is 0. The lowest BCUT2D eigenvalue weighted by Gasteiger charge is -2.12. The normalized spacial score (nSPS) is 10.3. The lowest BCUT2D eigenvalue weighted by molar-refractivity contribution is -0.115. The molecule has 2 aromatic rings. The molecular weight excluding hydrogens is 314 g/mol. The van der Waals surface area contributed by atoms with Crippen molar-refractivity contribution in [3.63, 3.8) is 0 Å². The standard InChI is InChI=1S/C21H27NO3/c1-3-5-15-24-19-8-6-7-9-20(19)25-16-14-17-10-12-18(13-11-17)22-21(23)4-2/h6-13H,3-5,14-16H2,1-2H3,(H,22,23). The number of benzene rings is 2. The van der Waals surface area contributed by atoms with Crippen LogP contribution in [0.3, 0.4) is 0 Å². The number of carbonyl (C=O) groups is 1. The first-order valence-electron chi connectivity index (χ1n) is 8.96. The zero-order valence-corrected chi connectivity index (χ0v) is 15.1. The highest BCUT2D eigenvalue weighted by atomic mass is 16.5. The number of rotatable bonds is 10. The topological polar surface area (TPSA) is 47.6 Å². The quantitative estimate of drug-likeness (QED) is 0.629. The highest BCUT2D eigenvalue weighted by Gasteiger charge is 2.04. The molecule has 0 unspecified atom stereocenters. The van der Waals surface area contributed by atoms with Crippen LogP contribution in [-0.2, 0) is 11.2 Å². The predicted molar refractivity (Wildman–Crippen MR) is 101 cm³/mol. The molecule has 2 rings (SSSR count). The van der Waals surface area contributed by atoms with Gasteiger partial charge in [-0.25, -0.2) is 0 Å². The molecule has 0 aromatic heterocycles. The maximum absolute atomic E-state index is 11.4. The summed E-state index contributed by atoms with van der Waals surface area (Å²) in [5.74, 6) is 1.61. The van der Waals surface area contributed by atoms with E-state index in [0.717, 1.165) is 36.4 Å². The van der Waals surface area contributed by atoms with Gasteiger partial charge in [-0.15, -0.1) is 0 Å². The van der Waals surface area contributed by atoms with Crippen LogP contribution in [0, 0.1) is 0 Å². The van der Waals surface area contributed by atoms with Crippen molar-refractivity contribution in [2.45, 2.75) is 39.5 Å². The van der Waals surface area contributed by atoms with Crippen molar-refractivity contribution >= 4 is 11.6 Å². The van der Waals surface area contributed by atoms with E-state index in [1.54, 1.807) is 0 Å². The number of hydrogen-bond donors (Lipinski definition) is 1. The zero-order valence-electron chi connectivity index (χ0n) is 15.1. The second kappa shape index (κ2) is 10.4. The molecule has 0 aliphatic rings. The van der Waals surface area contributed by atoms with Crippen molar-refractivity contribution < 1.29 is 14.3 Å². The predicted octanol–water partition coefficient (Wildman–Crippen LogP) is 4.84. The van der Waals surface area contributed by atoms with Crippen LogP contribution in [0.5, 0.6) is 11.5 Å². The third-order valence-electron chi connectivity index (χ3n) is 3.81. The van der Waals surface area contributed by atoms with Crippen LogP contribution in [-0.4, -0.2) is 19.1 Å². The van der Waals surface area contributed by atoms with Gasteiger partial charge in [0.25, 0.3) is 0 Å². The van der Waals surface area contributed by atoms with Gasteiger partial charge in [0.15, 0.2) is 11.5 Å². The molecule has 0 heterocycles. The van der Waals surface area contributed by atoms with Gasteiger partial charge in [0.2, 0.25) is 5.91 Å². The fourth-order valence-corrected chi connectivity index (χ4v) is 2.30. The van der Waals surface area contributed by atoms with Gasteiger partial charge in [0, 0.05) is 18.5 Å². The molecule has 0 aliphatic carbocycles. The highest BCUT2D eigenvalue weighted by Crippen LogP contribution is 2.26. The Morgan fingerprint density at radius 2 is 1.56 bits per heavy atom. The molecule has 0 saturated heterocycles. The van der Waals surface area contributed by atoms with E-state index in [0.29, 0.717) is 19.6 Å². The van der Waals surface area contributed by atoms with Gasteiger partial charge in [0.1, 0.15) is 0 Å². The van der Waals surface area contributed by atoms with E-state index in [-0.39, 0.29) is 5.91 Å². The number of nitrogens with one attached hydrogen (secondary N) is 1. The molecule has 0 aliphatic heterocycles. The average molecular weight is 341 g/mol. The molecule has 25 heavy (non-hydrogen) atoms. The SMILES string of the molecule is CCCCOc1ccccc1OCCc1ccc(NC(=O)CC)cc1. The third-order valence-corrected chi connectivity index (χ3v) is 3.81. The van der Waals surface area contributed by atoms with Crippen molar-refractivity contribution in [2.24, 2.45) is 0 Å². The van der Waals surface area contributed by atoms with Crippen molar-refractivity contribution in [3.8, 4) is 11.5 Å². The number of anilines is 1. The maximum atomic E-state index is 11.4. The molecule has 2 aromatic carbocycles. The van der Waals surface area contributed by atoms with Gasteiger partial charge in [-0.3, -0.25) is 4.79 Å². The Balaban J connectivity index is 1.83. The van der Waals surface area contributed by atoms with Gasteiger partial charge >= 0.3 is 0 Å². The van der Waals surface area contributed by atoms with Crippen molar-refractivity contribution in [3.05, 3.63) is 54.1 Å². The molecule has 1 amide bonds. The lowest BCUT2D eigenvalue weighted by atomic mass is 10.1. The number of ether oxygens (including phenoxy) is 2. The number of para-hydroxylation sites is 2. The summed E-state index contributed by atoms with van der Waals surface area (Å²) in [6, 6.07) is 15.7. The monoisotopic (exact) mass is 341 g/mol. The van der Waals surface area contributed by atoms with Gasteiger partial charge < -0.3 is 14.8 Å². The van der Waals surface area contributed by atoms with Gasteiger partial charge in [-0.05, 0) is 36.2 Å². The van der Waals surface area contributed by atoms with Crippen molar-refractivity contribution in [1.29, 1.82) is 0 Å². The molecule has 4 heteroatoms. The molecule has 4 nitrogen and oxygen atoms in total. The van der Waals surface area contributed by atoms with Crippen LogP contribution >= 0.6 is 0 Å². The second-order valence-electron chi connectivity index (χ2n) is 5.85. The number of hydrogen-bond acceptors (Lipinski definition) is 3. The Morgan fingerprint density at radius 3 is 2.16 bits per heavy atom. The Bertz CT molecular complexity index is 652. The molecule has 0 bridgehead atoms. The van der Waals surface area contributed by atoms with Gasteiger partial charge in [-0.2, -0.15) is 0 Å². The highest BCUT2D eigenvalue weighted by molar-refractivity contribution is 5.90. The van der Waals surface area contributed by atoms with Crippen LogP contribution in [0.4, 0.5) is 5.69 Å². The van der Waals surface area contributed by atoms with E-state index in [2.05, 4.69) is 12.2 Å². The minimum Gasteiger partial charge on any atom is -0.490 e. The largest absolute Gasteiger partial charge is 0.490 e. The molecule has 0 saturated carbocycles. The molecule has 0 radical (unpaired) electrons. The summed E-state index contributed by atoms with van der Waals surface area (Å²) in [7, 11) is 0. The van der Waals surface area contributed by atoms with E-state index in [9.17, 15) is 4.79 Å². The lowest BCUT2D eigenvalue weighted by Crippen LogP contribution is -2.09. The third kappa shape index (κ3) is 6.49. The van der Waals surface area contributed by atoms with E-state index in [1.165, 1.54) is 5.56 Å². The summed E-state index contributed by atoms with van der Waals surface area (Å²) in [6.45, 7) is 5.27. The van der Waals surface area contributed by atoms with Crippen LogP contribution in [0.1, 0.15) is 38.7 Å². The maximum Gasteiger partial charge on any atom is 0.224 e. The van der Waals surface area contributed by atoms with Gasteiger partial charge in [-0.1, -0.05) is 44.5 Å². The van der Waals surface area contributed by atoms with Crippen LogP contribution < -0.4 is 14.8 Å². The minimum atomic E-state index is 0.0239. The van der Waals surface area contributed by atoms with Crippen LogP contribution in [0.2, 0.25) is 0 Å². The Morgan fingerprint density at radius 1 is 0.920 bits per heavy atom. The number of unbranched alkanes of at least 4 members (excludes halogenated alkanes) is 1. The van der Waals surface area contributed by atoms with E-state index in [4.69, 9.17) is 9.47 Å². The van der Waals surface area contributed by atoms with E-state index < -0.39 is 0 Å². The first kappa shape index (κ1) is 18.8. The minimum absolute atomic E-state index is 0.0239.